The number of rotatable bonds is 12. The van der Waals surface area contributed by atoms with Gasteiger partial charge in [0.1, 0.15) is 22.6 Å². The molecule has 2 saturated carbocycles. The van der Waals surface area contributed by atoms with E-state index in [2.05, 4.69) is 57.5 Å². The molecule has 56 heavy (non-hydrogen) atoms. The van der Waals surface area contributed by atoms with Crippen molar-refractivity contribution in [3.05, 3.63) is 70.4 Å². The maximum absolute atomic E-state index is 15.4. The van der Waals surface area contributed by atoms with Crippen molar-refractivity contribution in [1.29, 1.82) is 0 Å². The molecular weight excluding hydrogens is 705 g/mol. The SMILES string of the molecule is Cc1noc(C)c1-c1ccc2c(c1)C(NCCC(C)N1C(=O)C(NC[C@@H](C)O)(C3CCCCC3)c3cc(-c4c(C)noc4C)ccc31)(C1CCCCC1)C(=O)N2. The van der Waals surface area contributed by atoms with Gasteiger partial charge in [0, 0.05) is 46.2 Å². The Hall–Kier alpha value is -4.32. The maximum Gasteiger partial charge on any atom is 0.252 e. The molecule has 0 saturated heterocycles. The number of aryl methyl sites for hydroxylation is 4. The number of aromatic nitrogens is 2. The Labute approximate surface area is 330 Å². The van der Waals surface area contributed by atoms with Crippen LogP contribution in [0.1, 0.15) is 119 Å². The first kappa shape index (κ1) is 38.5. The van der Waals surface area contributed by atoms with Crippen LogP contribution in [0, 0.1) is 39.5 Å². The lowest BCUT2D eigenvalue weighted by Gasteiger charge is -2.41. The maximum atomic E-state index is 15.4. The molecule has 2 aliphatic heterocycles. The number of aliphatic hydroxyl groups excluding tert-OH is 1. The van der Waals surface area contributed by atoms with Crippen molar-refractivity contribution in [1.82, 2.24) is 20.9 Å². The Kier molecular flexibility index (Phi) is 10.5. The smallest absolute Gasteiger partial charge is 0.252 e. The molecule has 2 amide bonds. The van der Waals surface area contributed by atoms with Gasteiger partial charge in [-0.3, -0.25) is 20.2 Å². The van der Waals surface area contributed by atoms with Crippen molar-refractivity contribution in [2.24, 2.45) is 11.8 Å². The summed E-state index contributed by atoms with van der Waals surface area (Å²) in [6.45, 7) is 12.5. The van der Waals surface area contributed by atoms with Gasteiger partial charge in [-0.25, -0.2) is 0 Å². The van der Waals surface area contributed by atoms with E-state index in [0.29, 0.717) is 19.5 Å². The number of hydrogen-bond donors (Lipinski definition) is 4. The molecule has 298 valence electrons. The number of amides is 2. The number of fused-ring (bicyclic) bond motifs is 2. The minimum atomic E-state index is -0.981. The van der Waals surface area contributed by atoms with E-state index in [-0.39, 0.29) is 29.7 Å². The summed E-state index contributed by atoms with van der Waals surface area (Å²) in [5.41, 5.74) is 7.32. The average Bonchev–Trinajstić information content (AvgIpc) is 3.88. The third kappa shape index (κ3) is 6.30. The Bertz CT molecular complexity index is 2070. The molecule has 8 rings (SSSR count). The van der Waals surface area contributed by atoms with Gasteiger partial charge in [0.2, 0.25) is 5.91 Å². The molecule has 11 nitrogen and oxygen atoms in total. The van der Waals surface area contributed by atoms with Crippen molar-refractivity contribution in [3.8, 4) is 22.3 Å². The quantitative estimate of drug-likeness (QED) is 0.112. The zero-order valence-corrected chi connectivity index (χ0v) is 33.9. The predicted molar refractivity (Wildman–Crippen MR) is 217 cm³/mol. The summed E-state index contributed by atoms with van der Waals surface area (Å²) in [7, 11) is 0. The van der Waals surface area contributed by atoms with E-state index >= 15 is 4.79 Å². The second-order valence-corrected chi connectivity index (χ2v) is 17.1. The van der Waals surface area contributed by atoms with Gasteiger partial charge in [0.15, 0.2) is 0 Å². The highest BCUT2D eigenvalue weighted by atomic mass is 16.5. The second-order valence-electron chi connectivity index (χ2n) is 17.1. The molecule has 2 fully saturated rings. The van der Waals surface area contributed by atoms with Crippen LogP contribution in [0.3, 0.4) is 0 Å². The molecule has 2 aromatic carbocycles. The molecule has 0 spiro atoms. The minimum Gasteiger partial charge on any atom is -0.392 e. The van der Waals surface area contributed by atoms with Gasteiger partial charge in [0.05, 0.1) is 17.5 Å². The first-order valence-corrected chi connectivity index (χ1v) is 21.0. The zero-order valence-electron chi connectivity index (χ0n) is 33.9. The standard InChI is InChI=1S/C45H58N6O5/c1-26(21-22-46-44(34-13-9-7-10-14-34)36-23-32(17-19-38(36)48-42(44)53)40-28(3)49-55-30(40)5)51-39-20-18-33(41-29(4)50-56-31(41)6)24-37(39)45(43(51)54,47-25-27(2)52)35-15-11-8-12-16-35/h17-20,23-24,26-27,34-35,46-47,52H,7-16,21-22,25H2,1-6H3,(H,48,53)/t26?,27-,44?,45?/m1/s1. The summed E-state index contributed by atoms with van der Waals surface area (Å²) < 4.78 is 11.1. The van der Waals surface area contributed by atoms with E-state index in [4.69, 9.17) is 9.05 Å². The van der Waals surface area contributed by atoms with Crippen LogP contribution in [0.5, 0.6) is 0 Å². The molecule has 3 unspecified atom stereocenters. The fourth-order valence-corrected chi connectivity index (χ4v) is 10.8. The van der Waals surface area contributed by atoms with E-state index in [1.54, 1.807) is 6.92 Å². The summed E-state index contributed by atoms with van der Waals surface area (Å²) in [4.78, 5) is 31.8. The van der Waals surface area contributed by atoms with E-state index in [9.17, 15) is 9.90 Å². The van der Waals surface area contributed by atoms with Gasteiger partial charge in [-0.15, -0.1) is 0 Å². The summed E-state index contributed by atoms with van der Waals surface area (Å²) in [5, 5.41) is 29.9. The molecule has 4 N–H and O–H groups in total. The van der Waals surface area contributed by atoms with Crippen LogP contribution in [0.2, 0.25) is 0 Å². The Morgan fingerprint density at radius 1 is 0.786 bits per heavy atom. The van der Waals surface area contributed by atoms with Crippen LogP contribution in [0.25, 0.3) is 22.3 Å². The van der Waals surface area contributed by atoms with Crippen molar-refractivity contribution >= 4 is 23.2 Å². The van der Waals surface area contributed by atoms with Crippen LogP contribution in [0.15, 0.2) is 45.4 Å². The Morgan fingerprint density at radius 2 is 1.34 bits per heavy atom. The number of aliphatic hydroxyl groups is 1. The van der Waals surface area contributed by atoms with Crippen LogP contribution >= 0.6 is 0 Å². The van der Waals surface area contributed by atoms with Crippen molar-refractivity contribution in [3.63, 3.8) is 0 Å². The molecule has 4 aromatic rings. The molecule has 2 aliphatic carbocycles. The number of nitrogens with one attached hydrogen (secondary N) is 3. The van der Waals surface area contributed by atoms with Gasteiger partial charge in [0.25, 0.3) is 5.91 Å². The summed E-state index contributed by atoms with van der Waals surface area (Å²) in [5.74, 6) is 1.75. The number of carbonyl (C=O) groups excluding carboxylic acids is 2. The van der Waals surface area contributed by atoms with Crippen LogP contribution in [0.4, 0.5) is 11.4 Å². The third-order valence-electron chi connectivity index (χ3n) is 13.5. The molecule has 0 bridgehead atoms. The van der Waals surface area contributed by atoms with E-state index in [1.165, 1.54) is 6.42 Å². The average molecular weight is 763 g/mol. The molecule has 4 aliphatic rings. The summed E-state index contributed by atoms with van der Waals surface area (Å²) >= 11 is 0. The predicted octanol–water partition coefficient (Wildman–Crippen LogP) is 8.12. The molecule has 11 heteroatoms. The fraction of sp³-hybridized carbons (Fsp3) is 0.556. The first-order chi connectivity index (χ1) is 27.0. The van der Waals surface area contributed by atoms with Crippen molar-refractivity contribution < 1.29 is 23.7 Å². The summed E-state index contributed by atoms with van der Waals surface area (Å²) in [6.07, 6.45) is 10.5. The van der Waals surface area contributed by atoms with Crippen molar-refractivity contribution in [2.45, 2.75) is 135 Å². The largest absolute Gasteiger partial charge is 0.392 e. The minimum absolute atomic E-state index is 0.00366. The third-order valence-corrected chi connectivity index (χ3v) is 13.5. The van der Waals surface area contributed by atoms with E-state index < -0.39 is 17.2 Å². The lowest BCUT2D eigenvalue weighted by Crippen LogP contribution is -2.59. The Balaban J connectivity index is 1.14. The van der Waals surface area contributed by atoms with Crippen LogP contribution in [-0.4, -0.2) is 52.5 Å². The van der Waals surface area contributed by atoms with Gasteiger partial charge < -0.3 is 24.4 Å². The Morgan fingerprint density at radius 3 is 1.89 bits per heavy atom. The number of carbonyl (C=O) groups is 2. The zero-order chi connectivity index (χ0) is 39.4. The van der Waals surface area contributed by atoms with Crippen molar-refractivity contribution in [2.75, 3.05) is 23.3 Å². The number of nitrogens with zero attached hydrogens (tertiary/aromatic N) is 3. The topological polar surface area (TPSA) is 146 Å². The summed E-state index contributed by atoms with van der Waals surface area (Å²) in [6, 6.07) is 12.4. The normalized spacial score (nSPS) is 24.0. The number of hydrogen-bond acceptors (Lipinski definition) is 9. The first-order valence-electron chi connectivity index (χ1n) is 21.0. The highest BCUT2D eigenvalue weighted by Crippen LogP contribution is 2.52. The monoisotopic (exact) mass is 762 g/mol. The van der Waals surface area contributed by atoms with Crippen LogP contribution < -0.4 is 20.9 Å². The molecule has 4 atom stereocenters. The highest BCUT2D eigenvalue weighted by Gasteiger charge is 2.57. The highest BCUT2D eigenvalue weighted by molar-refractivity contribution is 6.09. The van der Waals surface area contributed by atoms with Gasteiger partial charge in [-0.2, -0.15) is 0 Å². The van der Waals surface area contributed by atoms with Crippen LogP contribution in [-0.2, 0) is 20.7 Å². The van der Waals surface area contributed by atoms with Gasteiger partial charge in [-0.1, -0.05) is 61.0 Å². The molecular formula is C45H58N6O5. The molecule has 4 heterocycles. The molecule has 0 radical (unpaired) electrons. The number of benzene rings is 2. The second kappa shape index (κ2) is 15.2. The van der Waals surface area contributed by atoms with Gasteiger partial charge >= 0.3 is 0 Å². The lowest BCUT2D eigenvalue weighted by molar-refractivity contribution is -0.128. The van der Waals surface area contributed by atoms with Gasteiger partial charge in [-0.05, 0) is 127 Å². The molecule has 2 aromatic heterocycles. The number of anilines is 2. The van der Waals surface area contributed by atoms with E-state index in [0.717, 1.165) is 125 Å². The fourth-order valence-electron chi connectivity index (χ4n) is 10.8. The lowest BCUT2D eigenvalue weighted by atomic mass is 9.71. The van der Waals surface area contributed by atoms with E-state index in [1.807, 2.05) is 44.7 Å².